The van der Waals surface area contributed by atoms with Crippen molar-refractivity contribution in [1.29, 1.82) is 0 Å². The van der Waals surface area contributed by atoms with E-state index in [2.05, 4.69) is 5.32 Å². The minimum absolute atomic E-state index is 0.173. The van der Waals surface area contributed by atoms with Gasteiger partial charge in [-0.05, 0) is 48.9 Å². The van der Waals surface area contributed by atoms with Crippen LogP contribution >= 0.6 is 11.3 Å². The largest absolute Gasteiger partial charge is 0.366 e. The Bertz CT molecular complexity index is 947. The zero-order valence-corrected chi connectivity index (χ0v) is 16.5. The van der Waals surface area contributed by atoms with Crippen molar-refractivity contribution in [3.05, 3.63) is 46.8 Å². The van der Waals surface area contributed by atoms with Crippen LogP contribution in [-0.2, 0) is 14.8 Å². The van der Waals surface area contributed by atoms with Gasteiger partial charge in [0.15, 0.2) is 0 Å². The first-order chi connectivity index (χ1) is 12.8. The fourth-order valence-electron chi connectivity index (χ4n) is 3.17. The van der Waals surface area contributed by atoms with Crippen LogP contribution in [0.4, 0.5) is 5.69 Å². The molecule has 0 bridgehead atoms. The summed E-state index contributed by atoms with van der Waals surface area (Å²) in [5.74, 6) is -1.000. The predicted molar refractivity (Wildman–Crippen MR) is 104 cm³/mol. The van der Waals surface area contributed by atoms with E-state index in [9.17, 15) is 18.0 Å². The Balaban J connectivity index is 1.64. The highest BCUT2D eigenvalue weighted by atomic mass is 32.2. The molecule has 1 aliphatic rings. The summed E-state index contributed by atoms with van der Waals surface area (Å²) in [4.78, 5) is 24.0. The summed E-state index contributed by atoms with van der Waals surface area (Å²) in [5.41, 5.74) is 6.87. The quantitative estimate of drug-likeness (QED) is 0.792. The highest BCUT2D eigenvalue weighted by Gasteiger charge is 2.32. The Morgan fingerprint density at radius 1 is 1.19 bits per heavy atom. The first kappa shape index (κ1) is 19.5. The third-order valence-corrected chi connectivity index (χ3v) is 8.04. The van der Waals surface area contributed by atoms with Gasteiger partial charge in [0.2, 0.25) is 11.8 Å². The second-order valence-corrected chi connectivity index (χ2v) is 9.55. The van der Waals surface area contributed by atoms with Gasteiger partial charge in [-0.25, -0.2) is 8.42 Å². The molecular formula is C18H21N3O4S2. The topological polar surface area (TPSA) is 110 Å². The third kappa shape index (κ3) is 4.05. The lowest BCUT2D eigenvalue weighted by atomic mass is 9.96. The number of rotatable bonds is 5. The smallest absolute Gasteiger partial charge is 0.252 e. The molecule has 0 radical (unpaired) electrons. The minimum Gasteiger partial charge on any atom is -0.366 e. The van der Waals surface area contributed by atoms with Gasteiger partial charge in [-0.2, -0.15) is 4.31 Å². The summed E-state index contributed by atoms with van der Waals surface area (Å²) in [5, 5.41) is 4.58. The van der Waals surface area contributed by atoms with E-state index in [0.717, 1.165) is 0 Å². The maximum absolute atomic E-state index is 12.6. The average Bonchev–Trinajstić information content (AvgIpc) is 3.19. The summed E-state index contributed by atoms with van der Waals surface area (Å²) in [7, 11) is -3.48. The molecule has 0 unspecified atom stereocenters. The number of nitrogens with two attached hydrogens (primary N) is 1. The van der Waals surface area contributed by atoms with Crippen LogP contribution < -0.4 is 11.1 Å². The summed E-state index contributed by atoms with van der Waals surface area (Å²) >= 11 is 1.19. The van der Waals surface area contributed by atoms with Crippen LogP contribution in [0, 0.1) is 12.8 Å². The summed E-state index contributed by atoms with van der Waals surface area (Å²) in [6, 6.07) is 8.30. The molecule has 2 heterocycles. The van der Waals surface area contributed by atoms with Crippen molar-refractivity contribution in [2.24, 2.45) is 11.7 Å². The monoisotopic (exact) mass is 407 g/mol. The maximum Gasteiger partial charge on any atom is 0.252 e. The standard InChI is InChI=1S/C18H21N3O4S2/c1-12-14(17(19)22)4-2-5-15(12)20-18(23)13-7-9-21(10-8-13)27(24,25)16-6-3-11-26-16/h2-6,11,13H,7-10H2,1H3,(H2,19,22)(H,20,23). The molecule has 2 aromatic rings. The van der Waals surface area contributed by atoms with E-state index < -0.39 is 15.9 Å². The lowest BCUT2D eigenvalue weighted by Gasteiger charge is -2.30. The number of sulfonamides is 1. The molecule has 0 atom stereocenters. The fourth-order valence-corrected chi connectivity index (χ4v) is 5.78. The van der Waals surface area contributed by atoms with Crippen LogP contribution in [0.2, 0.25) is 0 Å². The Morgan fingerprint density at radius 2 is 1.89 bits per heavy atom. The van der Waals surface area contributed by atoms with E-state index >= 15 is 0 Å². The van der Waals surface area contributed by atoms with E-state index in [-0.39, 0.29) is 11.8 Å². The number of nitrogens with zero attached hydrogens (tertiary/aromatic N) is 1. The van der Waals surface area contributed by atoms with Gasteiger partial charge in [0.05, 0.1) is 0 Å². The van der Waals surface area contributed by atoms with Crippen molar-refractivity contribution in [3.8, 4) is 0 Å². The zero-order valence-electron chi connectivity index (χ0n) is 14.8. The van der Waals surface area contributed by atoms with Gasteiger partial charge in [0.1, 0.15) is 4.21 Å². The first-order valence-electron chi connectivity index (χ1n) is 8.54. The van der Waals surface area contributed by atoms with Crippen molar-refractivity contribution in [2.45, 2.75) is 24.0 Å². The number of hydrogen-bond donors (Lipinski definition) is 2. The number of benzene rings is 1. The molecule has 1 fully saturated rings. The summed E-state index contributed by atoms with van der Waals surface area (Å²) < 4.78 is 26.9. The van der Waals surface area contributed by atoms with Crippen LogP contribution in [-0.4, -0.2) is 37.6 Å². The van der Waals surface area contributed by atoms with Crippen molar-refractivity contribution < 1.29 is 18.0 Å². The van der Waals surface area contributed by atoms with E-state index in [1.807, 2.05) is 0 Å². The van der Waals surface area contributed by atoms with Gasteiger partial charge in [-0.15, -0.1) is 11.3 Å². The molecule has 1 aromatic carbocycles. The molecule has 1 aromatic heterocycles. The Kier molecular flexibility index (Phi) is 5.64. The van der Waals surface area contributed by atoms with Crippen LogP contribution in [0.15, 0.2) is 39.9 Å². The lowest BCUT2D eigenvalue weighted by Crippen LogP contribution is -2.41. The normalized spacial score (nSPS) is 16.2. The highest BCUT2D eigenvalue weighted by molar-refractivity contribution is 7.91. The van der Waals surface area contributed by atoms with E-state index in [4.69, 9.17) is 5.73 Å². The van der Waals surface area contributed by atoms with Crippen molar-refractivity contribution in [3.63, 3.8) is 0 Å². The highest BCUT2D eigenvalue weighted by Crippen LogP contribution is 2.27. The van der Waals surface area contributed by atoms with Crippen molar-refractivity contribution in [2.75, 3.05) is 18.4 Å². The number of carbonyl (C=O) groups is 2. The molecule has 144 valence electrons. The number of amides is 2. The fraction of sp³-hybridized carbons (Fsp3) is 0.333. The van der Waals surface area contributed by atoms with Crippen molar-refractivity contribution in [1.82, 2.24) is 4.31 Å². The Morgan fingerprint density at radius 3 is 2.48 bits per heavy atom. The van der Waals surface area contributed by atoms with E-state index in [1.165, 1.54) is 15.6 Å². The first-order valence-corrected chi connectivity index (χ1v) is 10.9. The van der Waals surface area contributed by atoms with E-state index in [0.29, 0.717) is 47.0 Å². The second-order valence-electron chi connectivity index (χ2n) is 6.44. The molecule has 27 heavy (non-hydrogen) atoms. The number of primary amides is 1. The molecule has 2 amide bonds. The Labute approximate surface area is 162 Å². The van der Waals surface area contributed by atoms with Gasteiger partial charge < -0.3 is 11.1 Å². The molecule has 0 aliphatic carbocycles. The van der Waals surface area contributed by atoms with Crippen LogP contribution in [0.1, 0.15) is 28.8 Å². The summed E-state index contributed by atoms with van der Waals surface area (Å²) in [6.45, 7) is 2.34. The van der Waals surface area contributed by atoms with Crippen LogP contribution in [0.25, 0.3) is 0 Å². The molecule has 1 saturated heterocycles. The molecule has 1 aliphatic heterocycles. The zero-order chi connectivity index (χ0) is 19.6. The second kappa shape index (κ2) is 7.79. The molecule has 7 nitrogen and oxygen atoms in total. The average molecular weight is 408 g/mol. The molecular weight excluding hydrogens is 386 g/mol. The van der Waals surface area contributed by atoms with Crippen molar-refractivity contribution >= 4 is 38.9 Å². The molecule has 3 N–H and O–H groups in total. The van der Waals surface area contributed by atoms with Crippen LogP contribution in [0.5, 0.6) is 0 Å². The number of thiophene rings is 1. The molecule has 0 spiro atoms. The SMILES string of the molecule is Cc1c(NC(=O)C2CCN(S(=O)(=O)c3cccs3)CC2)cccc1C(N)=O. The molecule has 9 heteroatoms. The minimum atomic E-state index is -3.48. The number of hydrogen-bond acceptors (Lipinski definition) is 5. The Hall–Kier alpha value is -2.23. The third-order valence-electron chi connectivity index (χ3n) is 4.77. The van der Waals surface area contributed by atoms with Crippen LogP contribution in [0.3, 0.4) is 0 Å². The van der Waals surface area contributed by atoms with Gasteiger partial charge >= 0.3 is 0 Å². The number of nitrogens with one attached hydrogen (secondary N) is 1. The predicted octanol–water partition coefficient (Wildman–Crippen LogP) is 2.19. The lowest BCUT2D eigenvalue weighted by molar-refractivity contribution is -0.120. The number of piperidine rings is 1. The van der Waals surface area contributed by atoms with E-state index in [1.54, 1.807) is 42.6 Å². The number of anilines is 1. The maximum atomic E-state index is 12.6. The van der Waals surface area contributed by atoms with Gasteiger partial charge in [0, 0.05) is 30.3 Å². The summed E-state index contributed by atoms with van der Waals surface area (Å²) in [6.07, 6.45) is 0.899. The molecule has 3 rings (SSSR count). The van der Waals surface area contributed by atoms with Gasteiger partial charge in [0.25, 0.3) is 10.0 Å². The molecule has 0 saturated carbocycles. The number of carbonyl (C=O) groups excluding carboxylic acids is 2. The van der Waals surface area contributed by atoms with Gasteiger partial charge in [-0.1, -0.05) is 12.1 Å². The van der Waals surface area contributed by atoms with Gasteiger partial charge in [-0.3, -0.25) is 9.59 Å².